The van der Waals surface area contributed by atoms with Crippen LogP contribution in [-0.4, -0.2) is 13.1 Å². The number of anilines is 3. The molecule has 0 aliphatic heterocycles. The minimum absolute atomic E-state index is 1.03. The number of nitrogens with one attached hydrogen (secondary N) is 1. The van der Waals surface area contributed by atoms with Crippen LogP contribution in [0.1, 0.15) is 19.4 Å². The SMILES string of the molecule is CCN(CC)c1ccc(C)c(Nc2ccccc2)c1. The average Bonchev–Trinajstić information content (AvgIpc) is 2.45. The standard InChI is InChI=1S/C17H22N2/c1-4-19(5-2)16-12-11-14(3)17(13-16)18-15-9-7-6-8-10-15/h6-13,18H,4-5H2,1-3H3. The maximum absolute atomic E-state index is 3.49. The van der Waals surface area contributed by atoms with Gasteiger partial charge in [0.1, 0.15) is 0 Å². The Labute approximate surface area is 116 Å². The summed E-state index contributed by atoms with van der Waals surface area (Å²) in [4.78, 5) is 2.36. The van der Waals surface area contributed by atoms with Crippen molar-refractivity contribution < 1.29 is 0 Å². The van der Waals surface area contributed by atoms with E-state index in [2.05, 4.69) is 61.3 Å². The zero-order valence-electron chi connectivity index (χ0n) is 12.0. The first-order valence-electron chi connectivity index (χ1n) is 6.92. The first-order chi connectivity index (χ1) is 9.24. The fourth-order valence-electron chi connectivity index (χ4n) is 2.21. The molecule has 1 N–H and O–H groups in total. The summed E-state index contributed by atoms with van der Waals surface area (Å²) in [6, 6.07) is 16.9. The molecule has 0 aromatic heterocycles. The molecule has 0 aliphatic rings. The number of hydrogen-bond acceptors (Lipinski definition) is 2. The minimum atomic E-state index is 1.03. The van der Waals surface area contributed by atoms with Gasteiger partial charge in [-0.25, -0.2) is 0 Å². The predicted molar refractivity (Wildman–Crippen MR) is 84.5 cm³/mol. The van der Waals surface area contributed by atoms with Gasteiger partial charge in [0.05, 0.1) is 0 Å². The molecule has 2 rings (SSSR count). The van der Waals surface area contributed by atoms with Crippen LogP contribution in [-0.2, 0) is 0 Å². The van der Waals surface area contributed by atoms with Crippen LogP contribution in [0.15, 0.2) is 48.5 Å². The van der Waals surface area contributed by atoms with Crippen molar-refractivity contribution in [2.24, 2.45) is 0 Å². The average molecular weight is 254 g/mol. The van der Waals surface area contributed by atoms with Gasteiger partial charge in [-0.3, -0.25) is 0 Å². The van der Waals surface area contributed by atoms with Gasteiger partial charge in [-0.2, -0.15) is 0 Å². The monoisotopic (exact) mass is 254 g/mol. The summed E-state index contributed by atoms with van der Waals surface area (Å²) in [6.07, 6.45) is 0. The summed E-state index contributed by atoms with van der Waals surface area (Å²) >= 11 is 0. The van der Waals surface area contributed by atoms with Crippen LogP contribution in [0.4, 0.5) is 17.1 Å². The van der Waals surface area contributed by atoms with E-state index in [1.165, 1.54) is 16.9 Å². The maximum Gasteiger partial charge on any atom is 0.0434 e. The van der Waals surface area contributed by atoms with Crippen LogP contribution in [0.3, 0.4) is 0 Å². The van der Waals surface area contributed by atoms with Crippen molar-refractivity contribution in [1.29, 1.82) is 0 Å². The normalized spacial score (nSPS) is 10.3. The second-order valence-electron chi connectivity index (χ2n) is 4.66. The maximum atomic E-state index is 3.49. The summed E-state index contributed by atoms with van der Waals surface area (Å²) in [5.74, 6) is 0. The molecule has 0 amide bonds. The third-order valence-corrected chi connectivity index (χ3v) is 3.40. The molecular formula is C17H22N2. The molecule has 0 saturated carbocycles. The second kappa shape index (κ2) is 6.28. The van der Waals surface area contributed by atoms with Crippen molar-refractivity contribution in [3.05, 3.63) is 54.1 Å². The zero-order valence-corrected chi connectivity index (χ0v) is 12.0. The minimum Gasteiger partial charge on any atom is -0.372 e. The highest BCUT2D eigenvalue weighted by Gasteiger charge is 2.05. The molecule has 0 fully saturated rings. The third-order valence-electron chi connectivity index (χ3n) is 3.40. The van der Waals surface area contributed by atoms with Crippen LogP contribution in [0.5, 0.6) is 0 Å². The van der Waals surface area contributed by atoms with Gasteiger partial charge < -0.3 is 10.2 Å². The molecule has 0 aliphatic carbocycles. The van der Waals surface area contributed by atoms with E-state index >= 15 is 0 Å². The molecule has 0 bridgehead atoms. The summed E-state index contributed by atoms with van der Waals surface area (Å²) in [5, 5.41) is 3.49. The zero-order chi connectivity index (χ0) is 13.7. The number of aryl methyl sites for hydroxylation is 1. The lowest BCUT2D eigenvalue weighted by Gasteiger charge is -2.22. The van der Waals surface area contributed by atoms with Crippen LogP contribution in [0.2, 0.25) is 0 Å². The van der Waals surface area contributed by atoms with Gasteiger partial charge in [-0.05, 0) is 50.6 Å². The molecule has 0 atom stereocenters. The van der Waals surface area contributed by atoms with Crippen LogP contribution in [0.25, 0.3) is 0 Å². The van der Waals surface area contributed by atoms with E-state index in [9.17, 15) is 0 Å². The Hall–Kier alpha value is -1.96. The molecule has 0 saturated heterocycles. The van der Waals surface area contributed by atoms with Gasteiger partial charge in [0, 0.05) is 30.2 Å². The van der Waals surface area contributed by atoms with Gasteiger partial charge >= 0.3 is 0 Å². The number of benzene rings is 2. The van der Waals surface area contributed by atoms with E-state index in [4.69, 9.17) is 0 Å². The lowest BCUT2D eigenvalue weighted by atomic mass is 10.1. The lowest BCUT2D eigenvalue weighted by Crippen LogP contribution is -2.21. The van der Waals surface area contributed by atoms with Gasteiger partial charge in [0.25, 0.3) is 0 Å². The van der Waals surface area contributed by atoms with Crippen LogP contribution in [0, 0.1) is 6.92 Å². The van der Waals surface area contributed by atoms with Crippen LogP contribution < -0.4 is 10.2 Å². The van der Waals surface area contributed by atoms with Crippen LogP contribution >= 0.6 is 0 Å². The Kier molecular flexibility index (Phi) is 4.45. The molecule has 19 heavy (non-hydrogen) atoms. The van der Waals surface area contributed by atoms with Crippen molar-refractivity contribution >= 4 is 17.1 Å². The molecule has 0 spiro atoms. The molecule has 0 unspecified atom stereocenters. The van der Waals surface area contributed by atoms with Crippen molar-refractivity contribution in [3.63, 3.8) is 0 Å². The summed E-state index contributed by atoms with van der Waals surface area (Å²) in [5.41, 5.74) is 4.84. The first kappa shape index (κ1) is 13.5. The van der Waals surface area contributed by atoms with Crippen molar-refractivity contribution in [2.75, 3.05) is 23.3 Å². The van der Waals surface area contributed by atoms with E-state index in [1.54, 1.807) is 0 Å². The van der Waals surface area contributed by atoms with Gasteiger partial charge in [0.2, 0.25) is 0 Å². The first-order valence-corrected chi connectivity index (χ1v) is 6.92. The Morgan fingerprint density at radius 1 is 0.947 bits per heavy atom. The number of hydrogen-bond donors (Lipinski definition) is 1. The van der Waals surface area contributed by atoms with E-state index in [0.717, 1.165) is 18.8 Å². The highest BCUT2D eigenvalue weighted by atomic mass is 15.1. The number of rotatable bonds is 5. The van der Waals surface area contributed by atoms with Crippen molar-refractivity contribution in [2.45, 2.75) is 20.8 Å². The molecule has 2 heteroatoms. The highest BCUT2D eigenvalue weighted by Crippen LogP contribution is 2.26. The molecule has 100 valence electrons. The fourth-order valence-corrected chi connectivity index (χ4v) is 2.21. The highest BCUT2D eigenvalue weighted by molar-refractivity contribution is 5.68. The smallest absolute Gasteiger partial charge is 0.0434 e. The quantitative estimate of drug-likeness (QED) is 0.839. The Morgan fingerprint density at radius 2 is 1.63 bits per heavy atom. The predicted octanol–water partition coefficient (Wildman–Crippen LogP) is 4.58. The largest absolute Gasteiger partial charge is 0.372 e. The van der Waals surface area contributed by atoms with E-state index in [1.807, 2.05) is 18.2 Å². The summed E-state index contributed by atoms with van der Waals surface area (Å²) in [7, 11) is 0. The molecule has 2 nitrogen and oxygen atoms in total. The molecule has 2 aromatic rings. The number of para-hydroxylation sites is 1. The molecule has 2 aromatic carbocycles. The second-order valence-corrected chi connectivity index (χ2v) is 4.66. The van der Waals surface area contributed by atoms with Gasteiger partial charge in [-0.15, -0.1) is 0 Å². The third kappa shape index (κ3) is 3.28. The Bertz CT molecular complexity index is 516. The van der Waals surface area contributed by atoms with E-state index in [-0.39, 0.29) is 0 Å². The van der Waals surface area contributed by atoms with E-state index in [0.29, 0.717) is 0 Å². The van der Waals surface area contributed by atoms with Gasteiger partial charge in [-0.1, -0.05) is 24.3 Å². The lowest BCUT2D eigenvalue weighted by molar-refractivity contribution is 0.866. The Morgan fingerprint density at radius 3 is 2.26 bits per heavy atom. The molecule has 0 heterocycles. The number of nitrogens with zero attached hydrogens (tertiary/aromatic N) is 1. The topological polar surface area (TPSA) is 15.3 Å². The van der Waals surface area contributed by atoms with Crippen molar-refractivity contribution in [3.8, 4) is 0 Å². The summed E-state index contributed by atoms with van der Waals surface area (Å²) in [6.45, 7) is 8.58. The summed E-state index contributed by atoms with van der Waals surface area (Å²) < 4.78 is 0. The molecule has 0 radical (unpaired) electrons. The van der Waals surface area contributed by atoms with E-state index < -0.39 is 0 Å². The van der Waals surface area contributed by atoms with Crippen molar-refractivity contribution in [1.82, 2.24) is 0 Å². The Balaban J connectivity index is 2.27. The molecular weight excluding hydrogens is 232 g/mol. The van der Waals surface area contributed by atoms with Gasteiger partial charge in [0.15, 0.2) is 0 Å². The fraction of sp³-hybridized carbons (Fsp3) is 0.294.